The molecule has 0 aliphatic heterocycles. The lowest BCUT2D eigenvalue weighted by molar-refractivity contribution is 0.714. The zero-order chi connectivity index (χ0) is 14.2. The molecule has 19 heavy (non-hydrogen) atoms. The van der Waals surface area contributed by atoms with Crippen molar-refractivity contribution in [2.45, 2.75) is 19.4 Å². The average molecular weight is 455 g/mol. The fraction of sp³-hybridized carbons (Fsp3) is 0.308. The van der Waals surface area contributed by atoms with Crippen LogP contribution in [0.1, 0.15) is 22.9 Å². The van der Waals surface area contributed by atoms with E-state index in [9.17, 15) is 0 Å². The zero-order valence-electron chi connectivity index (χ0n) is 10.6. The fourth-order valence-corrected chi connectivity index (χ4v) is 3.34. The highest BCUT2D eigenvalue weighted by atomic mass is 127. The van der Waals surface area contributed by atoms with Crippen LogP contribution in [-0.4, -0.2) is 9.78 Å². The second-order valence-corrected chi connectivity index (χ2v) is 6.91. The molecule has 2 aromatic rings. The number of hydrogen-bond donors (Lipinski definition) is 1. The molecule has 0 bridgehead atoms. The third-order valence-electron chi connectivity index (χ3n) is 3.05. The molecule has 1 aromatic carbocycles. The van der Waals surface area contributed by atoms with Crippen LogP contribution in [0.5, 0.6) is 0 Å². The van der Waals surface area contributed by atoms with Crippen molar-refractivity contribution in [1.29, 1.82) is 0 Å². The van der Waals surface area contributed by atoms with Crippen molar-refractivity contribution < 1.29 is 0 Å². The number of benzene rings is 1. The number of aryl methyl sites for hydroxylation is 2. The minimum atomic E-state index is -0.107. The lowest BCUT2D eigenvalue weighted by Crippen LogP contribution is -2.14. The van der Waals surface area contributed by atoms with Gasteiger partial charge in [0, 0.05) is 26.7 Å². The van der Waals surface area contributed by atoms with Gasteiger partial charge < -0.3 is 5.73 Å². The van der Waals surface area contributed by atoms with Crippen molar-refractivity contribution in [3.05, 3.63) is 48.2 Å². The fourth-order valence-electron chi connectivity index (χ4n) is 2.03. The Morgan fingerprint density at radius 3 is 2.79 bits per heavy atom. The Hall–Kier alpha value is -0.110. The van der Waals surface area contributed by atoms with Crippen molar-refractivity contribution in [3.8, 4) is 0 Å². The number of aromatic nitrogens is 2. The molecule has 0 fully saturated rings. The summed E-state index contributed by atoms with van der Waals surface area (Å²) in [7, 11) is 1.84. The minimum absolute atomic E-state index is 0.107. The Morgan fingerprint density at radius 1 is 1.53 bits per heavy atom. The first-order valence-electron chi connectivity index (χ1n) is 5.78. The molecule has 0 saturated heterocycles. The first kappa shape index (κ1) is 15.3. The predicted molar refractivity (Wildman–Crippen MR) is 90.4 cm³/mol. The van der Waals surface area contributed by atoms with E-state index in [1.807, 2.05) is 26.1 Å². The van der Waals surface area contributed by atoms with Crippen LogP contribution in [-0.2, 0) is 13.5 Å². The van der Waals surface area contributed by atoms with E-state index < -0.39 is 0 Å². The van der Waals surface area contributed by atoms with Crippen molar-refractivity contribution in [3.63, 3.8) is 0 Å². The van der Waals surface area contributed by atoms with Gasteiger partial charge in [0.15, 0.2) is 0 Å². The molecule has 2 rings (SSSR count). The molecule has 1 atom stereocenters. The Morgan fingerprint density at radius 2 is 2.21 bits per heavy atom. The summed E-state index contributed by atoms with van der Waals surface area (Å²) >= 11 is 12.1. The first-order valence-corrected chi connectivity index (χ1v) is 8.03. The van der Waals surface area contributed by atoms with Gasteiger partial charge in [-0.25, -0.2) is 0 Å². The van der Waals surface area contributed by atoms with Gasteiger partial charge in [-0.15, -0.1) is 0 Å². The third-order valence-corrected chi connectivity index (χ3v) is 4.92. The molecule has 0 aliphatic carbocycles. The Balaban J connectivity index is 2.30. The van der Waals surface area contributed by atoms with E-state index in [2.05, 4.69) is 49.7 Å². The number of nitrogens with two attached hydrogens (primary N) is 1. The van der Waals surface area contributed by atoms with Gasteiger partial charge in [-0.05, 0) is 59.7 Å². The second kappa shape index (κ2) is 6.11. The molecular weight excluding hydrogens is 440 g/mol. The van der Waals surface area contributed by atoms with Gasteiger partial charge in [-0.3, -0.25) is 4.68 Å². The SMILES string of the molecule is Cc1nn(C)c(Cl)c1CC(N)c1cc(I)ccc1Br. The van der Waals surface area contributed by atoms with Crippen LogP contribution in [0.3, 0.4) is 0 Å². The van der Waals surface area contributed by atoms with Crippen molar-refractivity contribution >= 4 is 50.1 Å². The maximum atomic E-state index is 6.31. The Kier molecular flexibility index (Phi) is 4.92. The van der Waals surface area contributed by atoms with E-state index >= 15 is 0 Å². The molecule has 0 saturated carbocycles. The van der Waals surface area contributed by atoms with Gasteiger partial charge in [-0.1, -0.05) is 27.5 Å². The van der Waals surface area contributed by atoms with E-state index in [0.717, 1.165) is 21.3 Å². The smallest absolute Gasteiger partial charge is 0.130 e. The molecule has 1 heterocycles. The first-order chi connectivity index (χ1) is 8.90. The van der Waals surface area contributed by atoms with Crippen molar-refractivity contribution in [2.75, 3.05) is 0 Å². The minimum Gasteiger partial charge on any atom is -0.324 e. The summed E-state index contributed by atoms with van der Waals surface area (Å²) in [6.07, 6.45) is 0.678. The number of hydrogen-bond acceptors (Lipinski definition) is 2. The summed E-state index contributed by atoms with van der Waals surface area (Å²) in [5, 5.41) is 4.98. The van der Waals surface area contributed by atoms with Crippen LogP contribution in [0.15, 0.2) is 22.7 Å². The number of halogens is 3. The molecule has 6 heteroatoms. The largest absolute Gasteiger partial charge is 0.324 e. The Labute approximate surface area is 139 Å². The summed E-state index contributed by atoms with van der Waals surface area (Å²) < 4.78 is 3.88. The highest BCUT2D eigenvalue weighted by molar-refractivity contribution is 14.1. The van der Waals surface area contributed by atoms with Crippen LogP contribution in [0.4, 0.5) is 0 Å². The van der Waals surface area contributed by atoms with Crippen LogP contribution < -0.4 is 5.73 Å². The third kappa shape index (κ3) is 3.32. The lowest BCUT2D eigenvalue weighted by atomic mass is 10.0. The highest BCUT2D eigenvalue weighted by Gasteiger charge is 2.17. The highest BCUT2D eigenvalue weighted by Crippen LogP contribution is 2.29. The molecule has 2 N–H and O–H groups in total. The topological polar surface area (TPSA) is 43.8 Å². The second-order valence-electron chi connectivity index (χ2n) is 4.45. The number of rotatable bonds is 3. The summed E-state index contributed by atoms with van der Waals surface area (Å²) in [5.41, 5.74) is 9.35. The summed E-state index contributed by atoms with van der Waals surface area (Å²) in [6.45, 7) is 1.96. The summed E-state index contributed by atoms with van der Waals surface area (Å²) in [5.74, 6) is 0. The molecule has 1 unspecified atom stereocenters. The predicted octanol–water partition coefficient (Wildman–Crippen LogP) is 3.99. The molecule has 102 valence electrons. The van der Waals surface area contributed by atoms with Crippen molar-refractivity contribution in [1.82, 2.24) is 9.78 Å². The van der Waals surface area contributed by atoms with Crippen LogP contribution in [0.25, 0.3) is 0 Å². The van der Waals surface area contributed by atoms with Crippen LogP contribution in [0.2, 0.25) is 5.15 Å². The van der Waals surface area contributed by atoms with Gasteiger partial charge in [-0.2, -0.15) is 5.10 Å². The lowest BCUT2D eigenvalue weighted by Gasteiger charge is -2.14. The molecule has 0 aliphatic rings. The quantitative estimate of drug-likeness (QED) is 0.713. The van der Waals surface area contributed by atoms with E-state index in [1.54, 1.807) is 4.68 Å². The molecule has 0 spiro atoms. The molecule has 3 nitrogen and oxygen atoms in total. The van der Waals surface area contributed by atoms with Crippen molar-refractivity contribution in [2.24, 2.45) is 12.8 Å². The molecule has 0 amide bonds. The summed E-state index contributed by atoms with van der Waals surface area (Å²) in [6, 6.07) is 6.05. The zero-order valence-corrected chi connectivity index (χ0v) is 15.1. The van der Waals surface area contributed by atoms with E-state index in [0.29, 0.717) is 11.6 Å². The molecule has 0 radical (unpaired) electrons. The maximum absolute atomic E-state index is 6.31. The van der Waals surface area contributed by atoms with Gasteiger partial charge in [0.05, 0.1) is 5.69 Å². The normalized spacial score (nSPS) is 12.7. The number of nitrogens with zero attached hydrogens (tertiary/aromatic N) is 2. The van der Waals surface area contributed by atoms with E-state index in [-0.39, 0.29) is 6.04 Å². The Bertz CT molecular complexity index is 612. The van der Waals surface area contributed by atoms with Gasteiger partial charge >= 0.3 is 0 Å². The van der Waals surface area contributed by atoms with Gasteiger partial charge in [0.25, 0.3) is 0 Å². The van der Waals surface area contributed by atoms with E-state index in [4.69, 9.17) is 17.3 Å². The molecular formula is C13H14BrClIN3. The van der Waals surface area contributed by atoms with Gasteiger partial charge in [0.2, 0.25) is 0 Å². The standard InChI is InChI=1S/C13H14BrClIN3/c1-7-9(13(15)19(2)18-7)6-12(17)10-5-8(16)3-4-11(10)14/h3-5,12H,6,17H2,1-2H3. The monoisotopic (exact) mass is 453 g/mol. The maximum Gasteiger partial charge on any atom is 0.130 e. The average Bonchev–Trinajstić information content (AvgIpc) is 2.59. The van der Waals surface area contributed by atoms with Crippen LogP contribution in [0, 0.1) is 10.5 Å². The van der Waals surface area contributed by atoms with Gasteiger partial charge in [0.1, 0.15) is 5.15 Å². The molecule has 1 aromatic heterocycles. The summed E-state index contributed by atoms with van der Waals surface area (Å²) in [4.78, 5) is 0. The van der Waals surface area contributed by atoms with E-state index in [1.165, 1.54) is 3.57 Å². The van der Waals surface area contributed by atoms with Crippen LogP contribution >= 0.6 is 50.1 Å².